The first-order valence-corrected chi connectivity index (χ1v) is 38.7. The van der Waals surface area contributed by atoms with Crippen molar-refractivity contribution in [2.45, 2.75) is 137 Å². The van der Waals surface area contributed by atoms with Crippen molar-refractivity contribution in [3.05, 3.63) is 186 Å². The van der Waals surface area contributed by atoms with Gasteiger partial charge in [-0.25, -0.2) is 24.9 Å². The Bertz CT molecular complexity index is 5560. The van der Waals surface area contributed by atoms with Crippen LogP contribution in [-0.4, -0.2) is 170 Å². The highest BCUT2D eigenvalue weighted by Crippen LogP contribution is 2.40. The molecule has 37 nitrogen and oxygen atoms in total. The summed E-state index contributed by atoms with van der Waals surface area (Å²) in [7, 11) is 6.73. The molecule has 1 atom stereocenters. The number of methoxy groups -OCH3 is 4. The predicted molar refractivity (Wildman–Crippen MR) is 456 cm³/mol. The van der Waals surface area contributed by atoms with Crippen LogP contribution < -0.4 is 55.3 Å². The van der Waals surface area contributed by atoms with Gasteiger partial charge in [-0.15, -0.1) is 0 Å². The Kier molecular flexibility index (Phi) is 28.5. The van der Waals surface area contributed by atoms with Crippen LogP contribution in [0, 0.1) is 6.92 Å². The molecule has 15 heterocycles. The van der Waals surface area contributed by atoms with Crippen LogP contribution in [0.5, 0.6) is 0 Å². The van der Waals surface area contributed by atoms with E-state index in [-0.39, 0.29) is 35.8 Å². The summed E-state index contributed by atoms with van der Waals surface area (Å²) >= 11 is 0. The van der Waals surface area contributed by atoms with Crippen LogP contribution in [0.4, 0.5) is 58.8 Å². The molecule has 1 unspecified atom stereocenters. The number of rotatable bonds is 32. The summed E-state index contributed by atoms with van der Waals surface area (Å²) in [6.45, 7) is 19.9. The Labute approximate surface area is 681 Å². The van der Waals surface area contributed by atoms with Gasteiger partial charge in [0.1, 0.15) is 50.5 Å². The lowest BCUT2D eigenvalue weighted by atomic mass is 10.1. The van der Waals surface area contributed by atoms with E-state index in [0.717, 1.165) is 120 Å². The SMILES string of the molecule is CC(C)(O)CCNc1nc(N)nc2ccn(Cc3ccccn3)c12.COCCn1ccc2nc(N)nc(NC(C)c3cccnc3)c21.COCCn1ccc2nc(N)nc(NCc3cc(C(C)C)on3)c21.COCCn1ccc2nc(N)nc(NCc3cc(C4CC4)on3)c21.COCCn1ccc2nc(N)nc(NCc3ccc(C)cn3)c21. The fourth-order valence-corrected chi connectivity index (χ4v) is 12.7. The van der Waals surface area contributed by atoms with Gasteiger partial charge in [-0.1, -0.05) is 42.4 Å². The van der Waals surface area contributed by atoms with Crippen LogP contribution in [0.15, 0.2) is 150 Å². The summed E-state index contributed by atoms with van der Waals surface area (Å²) < 4.78 is 41.6. The molecule has 0 bridgehead atoms. The second kappa shape index (κ2) is 39.9. The molecule has 16 rings (SSSR count). The smallest absolute Gasteiger partial charge is 0.222 e. The van der Waals surface area contributed by atoms with Crippen molar-refractivity contribution in [1.82, 2.24) is 97.9 Å². The number of hydrogen-bond acceptors (Lipinski definition) is 32. The zero-order valence-corrected chi connectivity index (χ0v) is 68.1. The van der Waals surface area contributed by atoms with E-state index in [1.165, 1.54) is 12.8 Å². The van der Waals surface area contributed by atoms with E-state index in [1.807, 2.05) is 144 Å². The third-order valence-electron chi connectivity index (χ3n) is 18.9. The van der Waals surface area contributed by atoms with Gasteiger partial charge < -0.3 is 111 Å². The molecule has 118 heavy (non-hydrogen) atoms. The quantitative estimate of drug-likeness (QED) is 0.0187. The number of anilines is 10. The first-order chi connectivity index (χ1) is 57.1. The zero-order chi connectivity index (χ0) is 83.2. The lowest BCUT2D eigenvalue weighted by Gasteiger charge is -2.18. The van der Waals surface area contributed by atoms with Crippen LogP contribution in [0.1, 0.15) is 117 Å². The van der Waals surface area contributed by atoms with E-state index in [0.29, 0.717) is 113 Å². The lowest BCUT2D eigenvalue weighted by molar-refractivity contribution is 0.0748. The normalized spacial score (nSPS) is 12.2. The van der Waals surface area contributed by atoms with Crippen LogP contribution in [0.3, 0.4) is 0 Å². The number of hydrogen-bond donors (Lipinski definition) is 11. The van der Waals surface area contributed by atoms with Gasteiger partial charge in [0.25, 0.3) is 0 Å². The largest absolute Gasteiger partial charge is 0.390 e. The van der Waals surface area contributed by atoms with Crippen molar-refractivity contribution in [1.29, 1.82) is 0 Å². The topological polar surface area (TPSA) is 492 Å². The second-order valence-corrected chi connectivity index (χ2v) is 29.0. The molecule has 16 N–H and O–H groups in total. The molecule has 0 saturated heterocycles. The molecule has 15 aromatic heterocycles. The Morgan fingerprint density at radius 3 is 1.33 bits per heavy atom. The number of nitrogen functional groups attached to an aromatic ring is 5. The van der Waals surface area contributed by atoms with Gasteiger partial charge in [0, 0.05) is 141 Å². The monoisotopic (exact) mass is 1610 g/mol. The molecular weight excluding hydrogens is 1510 g/mol. The van der Waals surface area contributed by atoms with E-state index in [4.69, 9.17) is 56.7 Å². The average Bonchev–Trinajstić information content (AvgIpc) is 1.66. The Hall–Kier alpha value is -13.2. The van der Waals surface area contributed by atoms with E-state index in [2.05, 4.69) is 136 Å². The zero-order valence-electron chi connectivity index (χ0n) is 68.1. The molecule has 1 saturated carbocycles. The number of pyridine rings is 3. The number of aliphatic hydroxyl groups is 1. The van der Waals surface area contributed by atoms with Gasteiger partial charge in [0.15, 0.2) is 29.1 Å². The number of aryl methyl sites for hydroxylation is 1. The van der Waals surface area contributed by atoms with Crippen molar-refractivity contribution in [3.63, 3.8) is 0 Å². The molecule has 620 valence electrons. The van der Waals surface area contributed by atoms with Crippen LogP contribution in [-0.2, 0) is 71.3 Å². The third kappa shape index (κ3) is 22.7. The summed E-state index contributed by atoms with van der Waals surface area (Å²) in [5, 5.41) is 34.6. The summed E-state index contributed by atoms with van der Waals surface area (Å²) in [5.41, 5.74) is 42.7. The first kappa shape index (κ1) is 84.2. The van der Waals surface area contributed by atoms with Crippen LogP contribution >= 0.6 is 0 Å². The van der Waals surface area contributed by atoms with Crippen LogP contribution in [0.25, 0.3) is 55.2 Å². The standard InChI is InChI=1S/C17H22N6O.C16H20N6O2.C16H22N6O2.2C16H20N6O/c1-17(2,24)7-9-20-15-14-13(21-16(18)22-15)6-10-23(14)11-12-5-3-4-8-19-12;1-23-7-6-22-5-4-12-14(22)15(20-16(17)19-12)18-9-11-8-13(24-21-11)10-2-3-10;1-10(2)13-8-11(21-24-13)9-18-15-14-12(19-16(17)20-15)4-5-22(14)6-7-23-3;1-11-3-4-12(18-9-11)10-19-15-14-13(20-16(17)21-15)5-6-22(14)7-8-23-2;1-11(12-4-3-6-18-10-12)19-15-14-13(20-16(17)21-15)5-7-22(14)8-9-23-2/h3-6,8,10,24H,7,9,11H2,1-2H3,(H3,18,20,21,22);4-5,8,10H,2-3,6-7,9H2,1H3,(H3,17,18,19,20);4-5,8,10H,6-7,9H2,1-3H3,(H3,17,18,19,20);3-6,9H,7-8,10H2,1-2H3,(H3,17,19,20,21);3-7,10-11H,8-9H2,1-2H3,(H3,17,19,20,21). The van der Waals surface area contributed by atoms with Gasteiger partial charge in [-0.05, 0) is 113 Å². The molecule has 1 aliphatic rings. The maximum absolute atomic E-state index is 9.86. The fraction of sp³-hybridized carbons (Fsp3) is 0.370. The number of nitrogens with one attached hydrogen (secondary N) is 5. The van der Waals surface area contributed by atoms with Crippen molar-refractivity contribution < 1.29 is 33.1 Å². The molecule has 15 aromatic rings. The van der Waals surface area contributed by atoms with E-state index >= 15 is 0 Å². The van der Waals surface area contributed by atoms with Crippen molar-refractivity contribution >= 4 is 114 Å². The molecule has 1 fully saturated rings. The molecule has 0 amide bonds. The van der Waals surface area contributed by atoms with Crippen molar-refractivity contribution in [2.75, 3.05) is 117 Å². The molecule has 1 aliphatic carbocycles. The minimum Gasteiger partial charge on any atom is -0.390 e. The number of ether oxygens (including phenoxy) is 4. The summed E-state index contributed by atoms with van der Waals surface area (Å²) in [6.07, 6.45) is 20.0. The highest BCUT2D eigenvalue weighted by Gasteiger charge is 2.28. The van der Waals surface area contributed by atoms with E-state index in [1.54, 1.807) is 54.7 Å². The van der Waals surface area contributed by atoms with Crippen molar-refractivity contribution in [2.24, 2.45) is 0 Å². The number of fused-ring (bicyclic) bond motifs is 5. The summed E-state index contributed by atoms with van der Waals surface area (Å²) in [6, 6.07) is 27.4. The fourth-order valence-electron chi connectivity index (χ4n) is 12.7. The number of nitrogens with zero attached hydrogens (tertiary/aromatic N) is 20. The molecule has 0 spiro atoms. The van der Waals surface area contributed by atoms with Crippen molar-refractivity contribution in [3.8, 4) is 0 Å². The minimum absolute atomic E-state index is 0.0481. The highest BCUT2D eigenvalue weighted by atomic mass is 16.5. The van der Waals surface area contributed by atoms with E-state index < -0.39 is 5.60 Å². The third-order valence-corrected chi connectivity index (χ3v) is 18.9. The second-order valence-electron chi connectivity index (χ2n) is 29.0. The molecule has 0 aliphatic heterocycles. The Morgan fingerprint density at radius 2 is 0.915 bits per heavy atom. The van der Waals surface area contributed by atoms with Gasteiger partial charge in [0.05, 0.1) is 103 Å². The van der Waals surface area contributed by atoms with E-state index in [9.17, 15) is 5.11 Å². The summed E-state index contributed by atoms with van der Waals surface area (Å²) in [5.74, 6) is 7.35. The Morgan fingerprint density at radius 1 is 0.475 bits per heavy atom. The Balaban J connectivity index is 0.000000136. The maximum atomic E-state index is 9.86. The minimum atomic E-state index is -0.735. The highest BCUT2D eigenvalue weighted by molar-refractivity contribution is 5.91. The molecule has 0 radical (unpaired) electrons. The number of nitrogens with two attached hydrogens (primary N) is 5. The van der Waals surface area contributed by atoms with Crippen LogP contribution in [0.2, 0.25) is 0 Å². The van der Waals surface area contributed by atoms with Gasteiger partial charge in [-0.2, -0.15) is 24.9 Å². The van der Waals surface area contributed by atoms with Gasteiger partial charge in [0.2, 0.25) is 29.7 Å². The predicted octanol–water partition coefficient (Wildman–Crippen LogP) is 10.8. The lowest BCUT2D eigenvalue weighted by Crippen LogP contribution is -2.23. The number of aromatic nitrogens is 20. The maximum Gasteiger partial charge on any atom is 0.222 e. The molecule has 0 aromatic carbocycles. The van der Waals surface area contributed by atoms with Gasteiger partial charge >= 0.3 is 0 Å². The average molecular weight is 1610 g/mol. The molecular formula is C81H104N30O7. The van der Waals surface area contributed by atoms with Gasteiger partial charge in [-0.3, -0.25) is 15.0 Å². The molecule has 37 heteroatoms. The summed E-state index contributed by atoms with van der Waals surface area (Å²) in [4.78, 5) is 56.1. The first-order valence-electron chi connectivity index (χ1n) is 38.7.